The number of ether oxygens (including phenoxy) is 2. The molecule has 0 atom stereocenters. The van der Waals surface area contributed by atoms with E-state index in [0.29, 0.717) is 0 Å². The molecule has 0 aliphatic carbocycles. The fraction of sp³-hybridized carbons (Fsp3) is 0.333. The number of halogens is 2. The third-order valence-corrected chi connectivity index (χ3v) is 1.84. The number of aromatic amines is 1. The van der Waals surface area contributed by atoms with Gasteiger partial charge in [-0.1, -0.05) is 0 Å². The second kappa shape index (κ2) is 4.73. The van der Waals surface area contributed by atoms with E-state index in [4.69, 9.17) is 0 Å². The Morgan fingerprint density at radius 1 is 1.44 bits per heavy atom. The van der Waals surface area contributed by atoms with E-state index in [1.165, 1.54) is 0 Å². The Kier molecular flexibility index (Phi) is 3.60. The smallest absolute Gasteiger partial charge is 0.354 e. The van der Waals surface area contributed by atoms with Gasteiger partial charge < -0.3 is 14.5 Å². The number of esters is 1. The average Bonchev–Trinajstić information content (AvgIpc) is 2.26. The summed E-state index contributed by atoms with van der Waals surface area (Å²) in [5.41, 5.74) is -1.89. The maximum atomic E-state index is 12.5. The van der Waals surface area contributed by atoms with Crippen molar-refractivity contribution < 1.29 is 23.0 Å². The molecule has 1 N–H and O–H groups in total. The summed E-state index contributed by atoms with van der Waals surface area (Å²) in [5.74, 6) is -1.41. The third-order valence-electron chi connectivity index (χ3n) is 1.84. The number of carbonyl (C=O) groups excluding carboxylic acids is 1. The summed E-state index contributed by atoms with van der Waals surface area (Å²) >= 11 is 0. The van der Waals surface area contributed by atoms with Gasteiger partial charge in [0.1, 0.15) is 11.4 Å². The molecule has 0 saturated heterocycles. The summed E-state index contributed by atoms with van der Waals surface area (Å²) in [6.45, 7) is 0. The number of hydrogen-bond donors (Lipinski definition) is 1. The summed E-state index contributed by atoms with van der Waals surface area (Å²) in [6.07, 6.45) is -2.95. The standard InChI is InChI=1S/C9H9F2NO4/c1-15-7-5(13)3-4(9(14)16-2)12-6(7)8(10)11/h3,8H,1-2H3,(H,12,13). The first-order valence-electron chi connectivity index (χ1n) is 4.19. The van der Waals surface area contributed by atoms with Gasteiger partial charge in [0.05, 0.1) is 14.2 Å². The van der Waals surface area contributed by atoms with Crippen LogP contribution in [0.25, 0.3) is 0 Å². The zero-order chi connectivity index (χ0) is 12.3. The minimum Gasteiger partial charge on any atom is -0.491 e. The summed E-state index contributed by atoms with van der Waals surface area (Å²) in [4.78, 5) is 24.5. The van der Waals surface area contributed by atoms with Crippen LogP contribution in [0.4, 0.5) is 8.78 Å². The molecule has 0 aliphatic heterocycles. The van der Waals surface area contributed by atoms with Gasteiger partial charge in [-0.3, -0.25) is 4.79 Å². The Bertz CT molecular complexity index is 455. The van der Waals surface area contributed by atoms with Crippen molar-refractivity contribution in [1.82, 2.24) is 4.98 Å². The van der Waals surface area contributed by atoms with E-state index in [1.54, 1.807) is 0 Å². The molecule has 0 radical (unpaired) electrons. The Morgan fingerprint density at radius 2 is 2.06 bits per heavy atom. The van der Waals surface area contributed by atoms with Crippen LogP contribution < -0.4 is 10.2 Å². The van der Waals surface area contributed by atoms with Crippen LogP contribution in [0, 0.1) is 0 Å². The van der Waals surface area contributed by atoms with Crippen molar-refractivity contribution in [3.8, 4) is 5.75 Å². The lowest BCUT2D eigenvalue weighted by atomic mass is 10.2. The number of H-pyrrole nitrogens is 1. The van der Waals surface area contributed by atoms with Crippen LogP contribution in [-0.4, -0.2) is 25.2 Å². The molecule has 7 heteroatoms. The minimum absolute atomic E-state index is 0.344. The first-order chi connectivity index (χ1) is 7.51. The van der Waals surface area contributed by atoms with E-state index in [1.807, 2.05) is 0 Å². The van der Waals surface area contributed by atoms with Gasteiger partial charge in [0, 0.05) is 6.07 Å². The second-order valence-corrected chi connectivity index (χ2v) is 2.79. The highest BCUT2D eigenvalue weighted by molar-refractivity contribution is 5.87. The molecule has 0 amide bonds. The molecule has 0 spiro atoms. The van der Waals surface area contributed by atoms with Gasteiger partial charge in [-0.05, 0) is 0 Å². The van der Waals surface area contributed by atoms with Gasteiger partial charge in [0.2, 0.25) is 5.43 Å². The quantitative estimate of drug-likeness (QED) is 0.794. The molecule has 1 aromatic heterocycles. The van der Waals surface area contributed by atoms with E-state index in [2.05, 4.69) is 14.5 Å². The number of aromatic nitrogens is 1. The van der Waals surface area contributed by atoms with Crippen LogP contribution in [0.1, 0.15) is 22.6 Å². The number of nitrogens with one attached hydrogen (secondary N) is 1. The van der Waals surface area contributed by atoms with Crippen molar-refractivity contribution in [3.63, 3.8) is 0 Å². The number of alkyl halides is 2. The lowest BCUT2D eigenvalue weighted by Crippen LogP contribution is -2.16. The number of methoxy groups -OCH3 is 2. The summed E-state index contributed by atoms with van der Waals surface area (Å²) in [6, 6.07) is 0.844. The molecule has 5 nitrogen and oxygen atoms in total. The highest BCUT2D eigenvalue weighted by atomic mass is 19.3. The molecular weight excluding hydrogens is 224 g/mol. The zero-order valence-electron chi connectivity index (χ0n) is 8.54. The Balaban J connectivity index is 3.40. The molecule has 0 bridgehead atoms. The lowest BCUT2D eigenvalue weighted by molar-refractivity contribution is 0.0592. The molecule has 1 heterocycles. The SMILES string of the molecule is COC(=O)c1cc(=O)c(OC)c(C(F)F)[nH]1. The van der Waals surface area contributed by atoms with Crippen LogP contribution in [0.5, 0.6) is 5.75 Å². The fourth-order valence-electron chi connectivity index (χ4n) is 1.15. The largest absolute Gasteiger partial charge is 0.491 e. The topological polar surface area (TPSA) is 68.4 Å². The van der Waals surface area contributed by atoms with Crippen LogP contribution in [0.15, 0.2) is 10.9 Å². The van der Waals surface area contributed by atoms with Crippen molar-refractivity contribution in [1.29, 1.82) is 0 Å². The van der Waals surface area contributed by atoms with E-state index in [0.717, 1.165) is 20.3 Å². The first kappa shape index (κ1) is 12.2. The predicted molar refractivity (Wildman–Crippen MR) is 49.9 cm³/mol. The Labute approximate surface area is 89.0 Å². The van der Waals surface area contributed by atoms with Crippen LogP contribution in [0.2, 0.25) is 0 Å². The number of pyridine rings is 1. The molecule has 88 valence electrons. The van der Waals surface area contributed by atoms with Gasteiger partial charge in [-0.15, -0.1) is 0 Å². The molecule has 0 aliphatic rings. The van der Waals surface area contributed by atoms with Gasteiger partial charge in [0.15, 0.2) is 5.75 Å². The highest BCUT2D eigenvalue weighted by Gasteiger charge is 2.20. The Morgan fingerprint density at radius 3 is 2.50 bits per heavy atom. The monoisotopic (exact) mass is 233 g/mol. The van der Waals surface area contributed by atoms with E-state index in [-0.39, 0.29) is 5.69 Å². The van der Waals surface area contributed by atoms with E-state index in [9.17, 15) is 18.4 Å². The lowest BCUT2D eigenvalue weighted by Gasteiger charge is -2.08. The van der Waals surface area contributed by atoms with Crippen molar-refractivity contribution in [2.75, 3.05) is 14.2 Å². The number of hydrogen-bond acceptors (Lipinski definition) is 4. The normalized spacial score (nSPS) is 10.3. The van der Waals surface area contributed by atoms with Crippen molar-refractivity contribution in [3.05, 3.63) is 27.7 Å². The van der Waals surface area contributed by atoms with Crippen LogP contribution >= 0.6 is 0 Å². The van der Waals surface area contributed by atoms with Crippen molar-refractivity contribution >= 4 is 5.97 Å². The summed E-state index contributed by atoms with van der Waals surface area (Å²) < 4.78 is 33.9. The second-order valence-electron chi connectivity index (χ2n) is 2.79. The summed E-state index contributed by atoms with van der Waals surface area (Å²) in [7, 11) is 2.17. The van der Waals surface area contributed by atoms with Gasteiger partial charge in [-0.25, -0.2) is 13.6 Å². The van der Waals surface area contributed by atoms with Gasteiger partial charge in [0.25, 0.3) is 6.43 Å². The van der Waals surface area contributed by atoms with Gasteiger partial charge >= 0.3 is 5.97 Å². The molecule has 1 aromatic rings. The molecule has 0 unspecified atom stereocenters. The molecule has 16 heavy (non-hydrogen) atoms. The number of carbonyl (C=O) groups is 1. The third kappa shape index (κ3) is 2.18. The number of rotatable bonds is 3. The predicted octanol–water partition coefficient (Wildman–Crippen LogP) is 1.11. The molecule has 0 aromatic carbocycles. The molecule has 1 rings (SSSR count). The van der Waals surface area contributed by atoms with Gasteiger partial charge in [-0.2, -0.15) is 0 Å². The molecule has 0 fully saturated rings. The Hall–Kier alpha value is -1.92. The highest BCUT2D eigenvalue weighted by Crippen LogP contribution is 2.23. The maximum Gasteiger partial charge on any atom is 0.354 e. The molecule has 0 saturated carbocycles. The first-order valence-corrected chi connectivity index (χ1v) is 4.19. The van der Waals surface area contributed by atoms with Crippen molar-refractivity contribution in [2.45, 2.75) is 6.43 Å². The van der Waals surface area contributed by atoms with E-state index < -0.39 is 29.3 Å². The van der Waals surface area contributed by atoms with Crippen molar-refractivity contribution in [2.24, 2.45) is 0 Å². The van der Waals surface area contributed by atoms with Crippen LogP contribution in [0.3, 0.4) is 0 Å². The fourth-order valence-corrected chi connectivity index (χ4v) is 1.15. The zero-order valence-corrected chi connectivity index (χ0v) is 8.54. The van der Waals surface area contributed by atoms with Crippen LogP contribution in [-0.2, 0) is 4.74 Å². The molecular formula is C9H9F2NO4. The average molecular weight is 233 g/mol. The maximum absolute atomic E-state index is 12.5. The van der Waals surface area contributed by atoms with E-state index >= 15 is 0 Å². The minimum atomic E-state index is -2.95. The summed E-state index contributed by atoms with van der Waals surface area (Å²) in [5, 5.41) is 0.